The van der Waals surface area contributed by atoms with Crippen LogP contribution in [0.25, 0.3) is 0 Å². The predicted octanol–water partition coefficient (Wildman–Crippen LogP) is 3.11. The minimum absolute atomic E-state index is 0.0172. The fourth-order valence-electron chi connectivity index (χ4n) is 1.52. The summed E-state index contributed by atoms with van der Waals surface area (Å²) in [6.07, 6.45) is 7.37. The topological polar surface area (TPSA) is 29.1 Å². The van der Waals surface area contributed by atoms with Gasteiger partial charge in [0.05, 0.1) is 0 Å². The van der Waals surface area contributed by atoms with E-state index in [1.807, 2.05) is 6.20 Å². The molecule has 1 aliphatic carbocycles. The molecular formula is C11H16BrNO. The molecule has 1 aliphatic rings. The normalized spacial score (nSPS) is 24.6. The van der Waals surface area contributed by atoms with Crippen molar-refractivity contribution in [3.05, 3.63) is 22.3 Å². The van der Waals surface area contributed by atoms with Gasteiger partial charge >= 0.3 is 0 Å². The summed E-state index contributed by atoms with van der Waals surface area (Å²) < 4.78 is 1.12. The zero-order chi connectivity index (χ0) is 10.6. The average molecular weight is 258 g/mol. The smallest absolute Gasteiger partial charge is 0.220 e. The van der Waals surface area contributed by atoms with Crippen LogP contribution in [0, 0.1) is 5.92 Å². The van der Waals surface area contributed by atoms with Gasteiger partial charge in [-0.05, 0) is 24.3 Å². The van der Waals surface area contributed by atoms with Gasteiger partial charge in [-0.1, -0.05) is 35.4 Å². The van der Waals surface area contributed by atoms with Crippen LogP contribution in [0.1, 0.15) is 33.1 Å². The molecule has 0 bridgehead atoms. The highest BCUT2D eigenvalue weighted by molar-refractivity contribution is 9.12. The van der Waals surface area contributed by atoms with Crippen LogP contribution in [0.2, 0.25) is 0 Å². The Hall–Kier alpha value is -0.570. The fourth-order valence-corrected chi connectivity index (χ4v) is 1.98. The van der Waals surface area contributed by atoms with Crippen molar-refractivity contribution in [3.8, 4) is 0 Å². The maximum atomic E-state index is 10.8. The summed E-state index contributed by atoms with van der Waals surface area (Å²) in [6.45, 7) is 3.72. The third-order valence-corrected chi connectivity index (χ3v) is 3.31. The van der Waals surface area contributed by atoms with E-state index in [2.05, 4.69) is 34.2 Å². The minimum Gasteiger partial charge on any atom is -0.333 e. The van der Waals surface area contributed by atoms with E-state index in [1.54, 1.807) is 0 Å². The van der Waals surface area contributed by atoms with Gasteiger partial charge in [0.1, 0.15) is 0 Å². The number of rotatable bonds is 2. The van der Waals surface area contributed by atoms with E-state index in [-0.39, 0.29) is 5.91 Å². The molecule has 14 heavy (non-hydrogen) atoms. The van der Waals surface area contributed by atoms with Crippen molar-refractivity contribution < 1.29 is 4.79 Å². The number of carbonyl (C=O) groups excluding carboxylic acids is 1. The van der Waals surface area contributed by atoms with E-state index in [0.717, 1.165) is 23.2 Å². The monoisotopic (exact) mass is 257 g/mol. The molecule has 1 amide bonds. The van der Waals surface area contributed by atoms with Crippen LogP contribution in [-0.4, -0.2) is 5.91 Å². The lowest BCUT2D eigenvalue weighted by Crippen LogP contribution is -2.15. The summed E-state index contributed by atoms with van der Waals surface area (Å²) in [7, 11) is 0. The molecule has 0 saturated carbocycles. The molecule has 0 unspecified atom stereocenters. The summed E-state index contributed by atoms with van der Waals surface area (Å²) in [5, 5.41) is 2.72. The van der Waals surface area contributed by atoms with Crippen LogP contribution in [0.3, 0.4) is 0 Å². The maximum absolute atomic E-state index is 10.8. The third-order valence-electron chi connectivity index (χ3n) is 2.47. The standard InChI is InChI=1S/C11H16BrNO/c1-3-9-4-5-11(12)10(6-9)7-13-8(2)14/h5,7,9H,3-4,6H2,1-2H3,(H,13,14)/b10-7-/t9-/m1/s1. The first-order valence-electron chi connectivity index (χ1n) is 4.95. The molecule has 0 spiro atoms. The number of halogens is 1. The average Bonchev–Trinajstić information content (AvgIpc) is 2.16. The van der Waals surface area contributed by atoms with Crippen molar-refractivity contribution in [2.24, 2.45) is 5.92 Å². The second-order valence-corrected chi connectivity index (χ2v) is 4.49. The zero-order valence-corrected chi connectivity index (χ0v) is 10.2. The van der Waals surface area contributed by atoms with Gasteiger partial charge in [-0.15, -0.1) is 0 Å². The van der Waals surface area contributed by atoms with Gasteiger partial charge in [0.25, 0.3) is 0 Å². The molecule has 0 radical (unpaired) electrons. The number of allylic oxidation sites excluding steroid dienone is 3. The maximum Gasteiger partial charge on any atom is 0.220 e. The molecule has 0 aromatic heterocycles. The molecule has 2 nitrogen and oxygen atoms in total. The Balaban J connectivity index is 2.67. The second kappa shape index (κ2) is 5.35. The molecule has 1 N–H and O–H groups in total. The molecule has 0 aromatic carbocycles. The Morgan fingerprint density at radius 1 is 1.79 bits per heavy atom. The van der Waals surface area contributed by atoms with E-state index in [9.17, 15) is 4.79 Å². The number of hydrogen-bond acceptors (Lipinski definition) is 1. The first kappa shape index (κ1) is 11.5. The number of hydrogen-bond donors (Lipinski definition) is 1. The van der Waals surface area contributed by atoms with Gasteiger partial charge in [-0.2, -0.15) is 0 Å². The van der Waals surface area contributed by atoms with Gasteiger partial charge in [-0.3, -0.25) is 4.79 Å². The first-order chi connectivity index (χ1) is 6.63. The quantitative estimate of drug-likeness (QED) is 0.810. The van der Waals surface area contributed by atoms with Crippen molar-refractivity contribution in [3.63, 3.8) is 0 Å². The molecule has 0 fully saturated rings. The predicted molar refractivity (Wildman–Crippen MR) is 61.9 cm³/mol. The highest BCUT2D eigenvalue weighted by atomic mass is 79.9. The highest BCUT2D eigenvalue weighted by Gasteiger charge is 2.15. The molecule has 0 aliphatic heterocycles. The van der Waals surface area contributed by atoms with Gasteiger partial charge in [-0.25, -0.2) is 0 Å². The largest absolute Gasteiger partial charge is 0.333 e. The zero-order valence-electron chi connectivity index (χ0n) is 8.64. The Labute approximate surface area is 93.6 Å². The Morgan fingerprint density at radius 2 is 2.50 bits per heavy atom. The van der Waals surface area contributed by atoms with Gasteiger partial charge in [0.2, 0.25) is 5.91 Å². The first-order valence-corrected chi connectivity index (χ1v) is 5.75. The van der Waals surface area contributed by atoms with Crippen LogP contribution in [0.4, 0.5) is 0 Å². The number of carbonyl (C=O) groups is 1. The third kappa shape index (κ3) is 3.29. The molecule has 78 valence electrons. The van der Waals surface area contributed by atoms with E-state index in [0.29, 0.717) is 0 Å². The molecular weight excluding hydrogens is 242 g/mol. The van der Waals surface area contributed by atoms with Crippen LogP contribution >= 0.6 is 15.9 Å². The lowest BCUT2D eigenvalue weighted by molar-refractivity contribution is -0.118. The molecule has 1 atom stereocenters. The van der Waals surface area contributed by atoms with Crippen LogP contribution in [0.15, 0.2) is 22.3 Å². The van der Waals surface area contributed by atoms with E-state index < -0.39 is 0 Å². The molecule has 3 heteroatoms. The summed E-state index contributed by atoms with van der Waals surface area (Å²) in [6, 6.07) is 0. The molecule has 0 saturated heterocycles. The van der Waals surface area contributed by atoms with E-state index in [4.69, 9.17) is 0 Å². The summed E-state index contributed by atoms with van der Waals surface area (Å²) in [5.41, 5.74) is 1.19. The Bertz CT molecular complexity index is 281. The molecule has 1 rings (SSSR count). The van der Waals surface area contributed by atoms with Crippen molar-refractivity contribution in [2.75, 3.05) is 0 Å². The lowest BCUT2D eigenvalue weighted by atomic mass is 9.89. The van der Waals surface area contributed by atoms with Crippen molar-refractivity contribution in [1.29, 1.82) is 0 Å². The van der Waals surface area contributed by atoms with Gasteiger partial charge in [0, 0.05) is 17.6 Å². The number of nitrogens with one attached hydrogen (secondary N) is 1. The van der Waals surface area contributed by atoms with Crippen molar-refractivity contribution >= 4 is 21.8 Å². The minimum atomic E-state index is -0.0172. The van der Waals surface area contributed by atoms with Gasteiger partial charge in [0.15, 0.2) is 0 Å². The Morgan fingerprint density at radius 3 is 3.07 bits per heavy atom. The van der Waals surface area contributed by atoms with E-state index >= 15 is 0 Å². The van der Waals surface area contributed by atoms with Crippen LogP contribution < -0.4 is 5.32 Å². The van der Waals surface area contributed by atoms with E-state index in [1.165, 1.54) is 18.9 Å². The summed E-state index contributed by atoms with van der Waals surface area (Å²) in [5.74, 6) is 0.702. The van der Waals surface area contributed by atoms with Crippen LogP contribution in [0.5, 0.6) is 0 Å². The van der Waals surface area contributed by atoms with Crippen LogP contribution in [-0.2, 0) is 4.79 Å². The van der Waals surface area contributed by atoms with Crippen molar-refractivity contribution in [1.82, 2.24) is 5.32 Å². The molecule has 0 heterocycles. The van der Waals surface area contributed by atoms with Gasteiger partial charge < -0.3 is 5.32 Å². The Kier molecular flexibility index (Phi) is 4.39. The number of amides is 1. The summed E-state index contributed by atoms with van der Waals surface area (Å²) >= 11 is 3.50. The second-order valence-electron chi connectivity index (χ2n) is 3.64. The lowest BCUT2D eigenvalue weighted by Gasteiger charge is -2.20. The summed E-state index contributed by atoms with van der Waals surface area (Å²) in [4.78, 5) is 10.8. The SMILES string of the molecule is CC[C@@H]1CC=C(Br)/C(=C\NC(C)=O)C1. The highest BCUT2D eigenvalue weighted by Crippen LogP contribution is 2.33. The molecule has 0 aromatic rings. The fraction of sp³-hybridized carbons (Fsp3) is 0.545. The van der Waals surface area contributed by atoms with Crippen molar-refractivity contribution in [2.45, 2.75) is 33.1 Å².